The second-order valence-corrected chi connectivity index (χ2v) is 5.64. The zero-order chi connectivity index (χ0) is 15.6. The molecule has 21 heavy (non-hydrogen) atoms. The van der Waals surface area contributed by atoms with Crippen molar-refractivity contribution < 1.29 is 9.90 Å². The van der Waals surface area contributed by atoms with Crippen LogP contribution in [0, 0.1) is 18.8 Å². The Hall–Kier alpha value is -2.25. The standard InChI is InChI=1S/C13H20N6O2/c1-8(2)5-10(13(20)21)7-19-12(14-16-17-19)11-6-9(3)15-18(11)4/h6,8,10H,5,7H2,1-4H3,(H,20,21). The summed E-state index contributed by atoms with van der Waals surface area (Å²) >= 11 is 0. The van der Waals surface area contributed by atoms with Gasteiger partial charge >= 0.3 is 5.97 Å². The number of carbonyl (C=O) groups is 1. The molecule has 0 fully saturated rings. The molecule has 0 amide bonds. The van der Waals surface area contributed by atoms with Crippen LogP contribution in [0.25, 0.3) is 11.5 Å². The number of hydrogen-bond donors (Lipinski definition) is 1. The molecule has 0 aliphatic carbocycles. The van der Waals surface area contributed by atoms with Gasteiger partial charge in [0.2, 0.25) is 0 Å². The van der Waals surface area contributed by atoms with Crippen molar-refractivity contribution in [1.29, 1.82) is 0 Å². The van der Waals surface area contributed by atoms with E-state index >= 15 is 0 Å². The van der Waals surface area contributed by atoms with Crippen LogP contribution < -0.4 is 0 Å². The predicted octanol–water partition coefficient (Wildman–Crippen LogP) is 1.13. The van der Waals surface area contributed by atoms with Gasteiger partial charge in [-0.05, 0) is 35.8 Å². The maximum atomic E-state index is 11.4. The summed E-state index contributed by atoms with van der Waals surface area (Å²) in [6.07, 6.45) is 0.582. The molecule has 2 rings (SSSR count). The Kier molecular flexibility index (Phi) is 4.35. The fourth-order valence-electron chi connectivity index (χ4n) is 2.36. The lowest BCUT2D eigenvalue weighted by Gasteiger charge is -2.15. The van der Waals surface area contributed by atoms with Crippen molar-refractivity contribution in [2.75, 3.05) is 0 Å². The summed E-state index contributed by atoms with van der Waals surface area (Å²) in [5, 5.41) is 25.2. The molecular formula is C13H20N6O2. The molecule has 2 heterocycles. The highest BCUT2D eigenvalue weighted by molar-refractivity contribution is 5.70. The van der Waals surface area contributed by atoms with Crippen LogP contribution in [0.5, 0.6) is 0 Å². The molecule has 0 aromatic carbocycles. The van der Waals surface area contributed by atoms with Crippen molar-refractivity contribution in [2.45, 2.75) is 33.7 Å². The maximum Gasteiger partial charge on any atom is 0.308 e. The number of rotatable bonds is 6. The van der Waals surface area contributed by atoms with Gasteiger partial charge in [-0.2, -0.15) is 5.10 Å². The molecule has 8 nitrogen and oxygen atoms in total. The van der Waals surface area contributed by atoms with Crippen LogP contribution in [0.3, 0.4) is 0 Å². The van der Waals surface area contributed by atoms with Crippen LogP contribution in [0.4, 0.5) is 0 Å². The molecular weight excluding hydrogens is 272 g/mol. The van der Waals surface area contributed by atoms with Gasteiger partial charge < -0.3 is 5.11 Å². The minimum absolute atomic E-state index is 0.250. The summed E-state index contributed by atoms with van der Waals surface area (Å²) in [7, 11) is 1.81. The van der Waals surface area contributed by atoms with E-state index in [0.29, 0.717) is 18.2 Å². The Morgan fingerprint density at radius 1 is 1.43 bits per heavy atom. The predicted molar refractivity (Wildman–Crippen MR) is 75.3 cm³/mol. The van der Waals surface area contributed by atoms with E-state index in [2.05, 4.69) is 20.6 Å². The molecule has 0 aliphatic heterocycles. The topological polar surface area (TPSA) is 98.7 Å². The number of aryl methyl sites for hydroxylation is 2. The highest BCUT2D eigenvalue weighted by Gasteiger charge is 2.23. The van der Waals surface area contributed by atoms with Crippen molar-refractivity contribution in [3.05, 3.63) is 11.8 Å². The van der Waals surface area contributed by atoms with E-state index in [1.54, 1.807) is 4.68 Å². The third-order valence-corrected chi connectivity index (χ3v) is 3.26. The zero-order valence-corrected chi connectivity index (χ0v) is 12.7. The molecule has 0 saturated heterocycles. The van der Waals surface area contributed by atoms with E-state index in [9.17, 15) is 9.90 Å². The van der Waals surface area contributed by atoms with Crippen LogP contribution in [0.15, 0.2) is 6.07 Å². The van der Waals surface area contributed by atoms with Gasteiger partial charge in [0.25, 0.3) is 0 Å². The largest absolute Gasteiger partial charge is 0.481 e. The minimum atomic E-state index is -0.827. The lowest BCUT2D eigenvalue weighted by Crippen LogP contribution is -2.23. The molecule has 0 spiro atoms. The number of carboxylic acids is 1. The monoisotopic (exact) mass is 292 g/mol. The molecule has 0 bridgehead atoms. The Bertz CT molecular complexity index is 630. The van der Waals surface area contributed by atoms with Crippen LogP contribution in [0.2, 0.25) is 0 Å². The first-order chi connectivity index (χ1) is 9.88. The Balaban J connectivity index is 2.28. The van der Waals surface area contributed by atoms with Crippen LogP contribution in [-0.2, 0) is 18.4 Å². The lowest BCUT2D eigenvalue weighted by molar-refractivity contribution is -0.142. The van der Waals surface area contributed by atoms with Crippen molar-refractivity contribution in [3.63, 3.8) is 0 Å². The molecule has 0 radical (unpaired) electrons. The maximum absolute atomic E-state index is 11.4. The number of nitrogens with zero attached hydrogens (tertiary/aromatic N) is 6. The molecule has 2 aromatic heterocycles. The molecule has 2 aromatic rings. The van der Waals surface area contributed by atoms with E-state index in [1.165, 1.54) is 4.68 Å². The van der Waals surface area contributed by atoms with Crippen molar-refractivity contribution in [2.24, 2.45) is 18.9 Å². The van der Waals surface area contributed by atoms with Gasteiger partial charge in [-0.3, -0.25) is 9.48 Å². The first-order valence-electron chi connectivity index (χ1n) is 6.88. The summed E-state index contributed by atoms with van der Waals surface area (Å²) < 4.78 is 3.23. The van der Waals surface area contributed by atoms with Gasteiger partial charge in [0.1, 0.15) is 5.69 Å². The highest BCUT2D eigenvalue weighted by Crippen LogP contribution is 2.20. The Morgan fingerprint density at radius 3 is 2.67 bits per heavy atom. The number of carboxylic acid groups (broad SMARTS) is 1. The second-order valence-electron chi connectivity index (χ2n) is 5.64. The van der Waals surface area contributed by atoms with Crippen LogP contribution in [-0.4, -0.2) is 41.1 Å². The Labute approximate surface area is 122 Å². The smallest absolute Gasteiger partial charge is 0.308 e. The summed E-state index contributed by atoms with van der Waals surface area (Å²) in [6.45, 7) is 6.14. The number of tetrazole rings is 1. The van der Waals surface area contributed by atoms with E-state index in [4.69, 9.17) is 0 Å². The molecule has 1 unspecified atom stereocenters. The molecule has 0 saturated carbocycles. The third-order valence-electron chi connectivity index (χ3n) is 3.26. The van der Waals surface area contributed by atoms with Gasteiger partial charge in [-0.25, -0.2) is 4.68 Å². The van der Waals surface area contributed by atoms with Crippen molar-refractivity contribution in [3.8, 4) is 11.5 Å². The van der Waals surface area contributed by atoms with Gasteiger partial charge in [-0.1, -0.05) is 13.8 Å². The van der Waals surface area contributed by atoms with Gasteiger partial charge in [0.05, 0.1) is 18.2 Å². The Morgan fingerprint density at radius 2 is 2.14 bits per heavy atom. The molecule has 0 aliphatic rings. The normalized spacial score (nSPS) is 12.8. The summed E-state index contributed by atoms with van der Waals surface area (Å²) in [5.74, 6) is -0.508. The molecule has 1 N–H and O–H groups in total. The van der Waals surface area contributed by atoms with E-state index in [1.807, 2.05) is 33.9 Å². The van der Waals surface area contributed by atoms with Gasteiger partial charge in [0, 0.05) is 7.05 Å². The number of hydrogen-bond acceptors (Lipinski definition) is 5. The van der Waals surface area contributed by atoms with Crippen LogP contribution >= 0.6 is 0 Å². The summed E-state index contributed by atoms with van der Waals surface area (Å²) in [6, 6.07) is 1.88. The minimum Gasteiger partial charge on any atom is -0.481 e. The SMILES string of the molecule is Cc1cc(-c2nnnn2CC(CC(C)C)C(=O)O)n(C)n1. The molecule has 8 heteroatoms. The summed E-state index contributed by atoms with van der Waals surface area (Å²) in [5.41, 5.74) is 1.63. The van der Waals surface area contributed by atoms with Gasteiger partial charge in [0.15, 0.2) is 5.82 Å². The summed E-state index contributed by atoms with van der Waals surface area (Å²) in [4.78, 5) is 11.4. The van der Waals surface area contributed by atoms with Crippen molar-refractivity contribution in [1.82, 2.24) is 30.0 Å². The zero-order valence-electron chi connectivity index (χ0n) is 12.7. The van der Waals surface area contributed by atoms with E-state index in [0.717, 1.165) is 11.4 Å². The first kappa shape index (κ1) is 15.1. The average molecular weight is 292 g/mol. The third kappa shape index (κ3) is 3.45. The first-order valence-corrected chi connectivity index (χ1v) is 6.88. The number of aliphatic carboxylic acids is 1. The highest BCUT2D eigenvalue weighted by atomic mass is 16.4. The van der Waals surface area contributed by atoms with E-state index in [-0.39, 0.29) is 6.54 Å². The molecule has 1 atom stereocenters. The fourth-order valence-corrected chi connectivity index (χ4v) is 2.36. The fraction of sp³-hybridized carbons (Fsp3) is 0.615. The lowest BCUT2D eigenvalue weighted by atomic mass is 9.97. The number of aromatic nitrogens is 6. The van der Waals surface area contributed by atoms with Gasteiger partial charge in [-0.15, -0.1) is 5.10 Å². The van der Waals surface area contributed by atoms with Crippen LogP contribution in [0.1, 0.15) is 26.0 Å². The van der Waals surface area contributed by atoms with Crippen molar-refractivity contribution >= 4 is 5.97 Å². The second kappa shape index (κ2) is 6.02. The average Bonchev–Trinajstić information content (AvgIpc) is 2.94. The quantitative estimate of drug-likeness (QED) is 0.856. The van der Waals surface area contributed by atoms with E-state index < -0.39 is 11.9 Å². The molecule has 114 valence electrons.